The number of hydrogen-bond donors (Lipinski definition) is 3. The first-order valence-electron chi connectivity index (χ1n) is 10.3. The summed E-state index contributed by atoms with van der Waals surface area (Å²) in [6.07, 6.45) is 5.32. The second-order valence-electron chi connectivity index (χ2n) is 7.49. The molecule has 4 aromatic heterocycles. The van der Waals surface area contributed by atoms with Crippen LogP contribution in [-0.4, -0.2) is 32.5 Å². The Bertz CT molecular complexity index is 1330. The topological polar surface area (TPSA) is 92.5 Å². The van der Waals surface area contributed by atoms with Crippen LogP contribution >= 0.6 is 11.3 Å². The molecular weight excluding hydrogens is 423 g/mol. The van der Waals surface area contributed by atoms with Gasteiger partial charge in [0.2, 0.25) is 0 Å². The van der Waals surface area contributed by atoms with Crippen molar-refractivity contribution >= 4 is 27.4 Å². The summed E-state index contributed by atoms with van der Waals surface area (Å²) in [4.78, 5) is 16.4. The first-order valence-corrected chi connectivity index (χ1v) is 11.1. The number of fused-ring (bicyclic) bond motifs is 1. The Balaban J connectivity index is 1.51. The van der Waals surface area contributed by atoms with Gasteiger partial charge in [-0.05, 0) is 30.2 Å². The highest BCUT2D eigenvalue weighted by Gasteiger charge is 2.18. The van der Waals surface area contributed by atoms with E-state index >= 15 is 0 Å². The number of hydrogen-bond acceptors (Lipinski definition) is 6. The van der Waals surface area contributed by atoms with Gasteiger partial charge in [-0.1, -0.05) is 30.3 Å². The van der Waals surface area contributed by atoms with E-state index in [0.29, 0.717) is 23.8 Å². The number of halogens is 1. The number of aromatic amines is 1. The van der Waals surface area contributed by atoms with Crippen molar-refractivity contribution in [3.8, 4) is 22.6 Å². The molecule has 0 aliphatic rings. The zero-order valence-corrected chi connectivity index (χ0v) is 17.9. The number of nitrogens with one attached hydrogen (secondary N) is 2. The zero-order chi connectivity index (χ0) is 21.9. The SMILES string of the molecule is N[C@H](CNc1nc(-c2ccncc2F)nc2c(-c3ccc[nH]3)csc12)Cc1ccccc1. The third-order valence-electron chi connectivity index (χ3n) is 5.19. The van der Waals surface area contributed by atoms with Crippen LogP contribution in [0.1, 0.15) is 5.56 Å². The van der Waals surface area contributed by atoms with Crippen LogP contribution in [0.25, 0.3) is 32.9 Å². The maximum absolute atomic E-state index is 14.5. The number of thiophene rings is 1. The van der Waals surface area contributed by atoms with E-state index in [-0.39, 0.29) is 6.04 Å². The molecule has 0 aliphatic heterocycles. The first-order chi connectivity index (χ1) is 15.7. The Labute approximate surface area is 188 Å². The lowest BCUT2D eigenvalue weighted by Crippen LogP contribution is -2.31. The molecule has 0 fully saturated rings. The molecule has 6 nitrogen and oxygen atoms in total. The summed E-state index contributed by atoms with van der Waals surface area (Å²) in [7, 11) is 0. The van der Waals surface area contributed by atoms with Crippen molar-refractivity contribution in [2.45, 2.75) is 12.5 Å². The minimum absolute atomic E-state index is 0.105. The average molecular weight is 445 g/mol. The van der Waals surface area contributed by atoms with E-state index in [2.05, 4.69) is 32.4 Å². The number of nitrogens with two attached hydrogens (primary N) is 1. The summed E-state index contributed by atoms with van der Waals surface area (Å²) in [6, 6.07) is 15.5. The van der Waals surface area contributed by atoms with Crippen molar-refractivity contribution < 1.29 is 4.39 Å². The molecule has 0 spiro atoms. The van der Waals surface area contributed by atoms with Gasteiger partial charge in [0.25, 0.3) is 0 Å². The molecule has 0 aliphatic carbocycles. The third-order valence-corrected chi connectivity index (χ3v) is 6.17. The van der Waals surface area contributed by atoms with Crippen LogP contribution in [0.5, 0.6) is 0 Å². The number of aromatic nitrogens is 4. The smallest absolute Gasteiger partial charge is 0.165 e. The van der Waals surface area contributed by atoms with Crippen molar-refractivity contribution in [1.82, 2.24) is 19.9 Å². The molecule has 0 bridgehead atoms. The number of benzene rings is 1. The van der Waals surface area contributed by atoms with Gasteiger partial charge in [0.05, 0.1) is 22.0 Å². The summed E-state index contributed by atoms with van der Waals surface area (Å²) in [5.41, 5.74) is 10.5. The van der Waals surface area contributed by atoms with E-state index in [1.54, 1.807) is 17.4 Å². The Morgan fingerprint density at radius 1 is 1.06 bits per heavy atom. The average Bonchev–Trinajstić information content (AvgIpc) is 3.48. The van der Waals surface area contributed by atoms with Gasteiger partial charge in [0.15, 0.2) is 11.6 Å². The molecule has 0 unspecified atom stereocenters. The highest BCUT2D eigenvalue weighted by molar-refractivity contribution is 7.18. The summed E-state index contributed by atoms with van der Waals surface area (Å²) in [6.45, 7) is 0.523. The molecule has 8 heteroatoms. The van der Waals surface area contributed by atoms with E-state index in [1.807, 2.05) is 41.9 Å². The molecule has 0 amide bonds. The highest BCUT2D eigenvalue weighted by atomic mass is 32.1. The van der Waals surface area contributed by atoms with E-state index in [0.717, 1.165) is 27.9 Å². The van der Waals surface area contributed by atoms with Gasteiger partial charge >= 0.3 is 0 Å². The molecule has 1 atom stereocenters. The first kappa shape index (κ1) is 20.3. The van der Waals surface area contributed by atoms with Crippen LogP contribution in [0, 0.1) is 5.82 Å². The van der Waals surface area contributed by atoms with Crippen LogP contribution in [-0.2, 0) is 6.42 Å². The minimum Gasteiger partial charge on any atom is -0.367 e. The van der Waals surface area contributed by atoms with Gasteiger partial charge in [-0.2, -0.15) is 0 Å². The molecule has 0 radical (unpaired) electrons. The molecule has 160 valence electrons. The van der Waals surface area contributed by atoms with Gasteiger partial charge in [0.1, 0.15) is 5.82 Å². The highest BCUT2D eigenvalue weighted by Crippen LogP contribution is 2.37. The Kier molecular flexibility index (Phi) is 5.62. The lowest BCUT2D eigenvalue weighted by Gasteiger charge is -2.15. The predicted octanol–water partition coefficient (Wildman–Crippen LogP) is 4.87. The molecule has 0 saturated heterocycles. The molecule has 5 rings (SSSR count). The van der Waals surface area contributed by atoms with Crippen molar-refractivity contribution in [3.63, 3.8) is 0 Å². The summed E-state index contributed by atoms with van der Waals surface area (Å²) in [5.74, 6) is 0.491. The van der Waals surface area contributed by atoms with Gasteiger partial charge < -0.3 is 16.0 Å². The summed E-state index contributed by atoms with van der Waals surface area (Å²) >= 11 is 1.55. The van der Waals surface area contributed by atoms with Crippen LogP contribution in [0.2, 0.25) is 0 Å². The molecule has 1 aromatic carbocycles. The van der Waals surface area contributed by atoms with E-state index in [9.17, 15) is 4.39 Å². The van der Waals surface area contributed by atoms with Gasteiger partial charge in [0, 0.05) is 41.6 Å². The number of nitrogens with zero attached hydrogens (tertiary/aromatic N) is 3. The van der Waals surface area contributed by atoms with Crippen molar-refractivity contribution in [3.05, 3.63) is 83.9 Å². The molecule has 4 N–H and O–H groups in total. The van der Waals surface area contributed by atoms with Gasteiger partial charge in [-0.15, -0.1) is 11.3 Å². The number of pyridine rings is 1. The van der Waals surface area contributed by atoms with Crippen LogP contribution in [0.15, 0.2) is 72.5 Å². The Hall–Kier alpha value is -3.62. The Morgan fingerprint density at radius 2 is 1.94 bits per heavy atom. The van der Waals surface area contributed by atoms with Crippen molar-refractivity contribution in [2.75, 3.05) is 11.9 Å². The number of H-pyrrole nitrogens is 1. The number of rotatable bonds is 7. The third kappa shape index (κ3) is 4.10. The summed E-state index contributed by atoms with van der Waals surface area (Å²) < 4.78 is 15.4. The molecule has 5 aromatic rings. The summed E-state index contributed by atoms with van der Waals surface area (Å²) in [5, 5.41) is 5.42. The monoisotopic (exact) mass is 444 g/mol. The predicted molar refractivity (Wildman–Crippen MR) is 127 cm³/mol. The van der Waals surface area contributed by atoms with Crippen LogP contribution in [0.4, 0.5) is 10.2 Å². The minimum atomic E-state index is -0.463. The maximum Gasteiger partial charge on any atom is 0.165 e. The zero-order valence-electron chi connectivity index (χ0n) is 17.1. The van der Waals surface area contributed by atoms with Gasteiger partial charge in [-0.3, -0.25) is 4.98 Å². The lowest BCUT2D eigenvalue weighted by atomic mass is 10.1. The molecule has 32 heavy (non-hydrogen) atoms. The second-order valence-corrected chi connectivity index (χ2v) is 8.37. The molecular formula is C24H21FN6S. The fourth-order valence-corrected chi connectivity index (χ4v) is 4.59. The van der Waals surface area contributed by atoms with Crippen LogP contribution in [0.3, 0.4) is 0 Å². The standard InChI is InChI=1S/C24H21FN6S/c25-19-13-27-10-8-17(19)23-30-21-18(20-7-4-9-28-20)14-32-22(21)24(31-23)29-12-16(26)11-15-5-2-1-3-6-15/h1-10,13-14,16,28H,11-12,26H2,(H,29,30,31)/t16-/m0/s1. The van der Waals surface area contributed by atoms with E-state index < -0.39 is 5.82 Å². The van der Waals surface area contributed by atoms with Crippen molar-refractivity contribution in [1.29, 1.82) is 0 Å². The molecule has 0 saturated carbocycles. The Morgan fingerprint density at radius 3 is 2.72 bits per heavy atom. The fraction of sp³-hybridized carbons (Fsp3) is 0.125. The van der Waals surface area contributed by atoms with E-state index in [4.69, 9.17) is 10.7 Å². The number of anilines is 1. The largest absolute Gasteiger partial charge is 0.367 e. The van der Waals surface area contributed by atoms with Crippen molar-refractivity contribution in [2.24, 2.45) is 5.73 Å². The quantitative estimate of drug-likeness (QED) is 0.333. The molecule has 4 heterocycles. The maximum atomic E-state index is 14.5. The van der Waals surface area contributed by atoms with Gasteiger partial charge in [-0.25, -0.2) is 14.4 Å². The lowest BCUT2D eigenvalue weighted by molar-refractivity contribution is 0.623. The van der Waals surface area contributed by atoms with E-state index in [1.165, 1.54) is 18.0 Å². The normalized spacial score (nSPS) is 12.2. The van der Waals surface area contributed by atoms with Crippen LogP contribution < -0.4 is 11.1 Å². The second kappa shape index (κ2) is 8.86. The fourth-order valence-electron chi connectivity index (χ4n) is 3.62.